The molecule has 37 heavy (non-hydrogen) atoms. The standard InChI is InChI=1S/C29H41N3O4S/c1-20-18-21(2)26(22(3)19-20)12-13-27-28(23(4)31-36-27)37(34,35)32-16-14-24(15-17-32)29(33)30-25-10-8-6-5-7-9-11-25/h12-13,18-19,24-25H,5-11,14-17H2,1-4H3,(H,30,33). The molecule has 7 nitrogen and oxygen atoms in total. The van der Waals surface area contributed by atoms with Crippen molar-refractivity contribution in [2.24, 2.45) is 5.92 Å². The van der Waals surface area contributed by atoms with E-state index in [-0.39, 0.29) is 28.5 Å². The molecule has 8 heteroatoms. The van der Waals surface area contributed by atoms with Crippen molar-refractivity contribution >= 4 is 28.1 Å². The molecule has 2 fully saturated rings. The lowest BCUT2D eigenvalue weighted by Crippen LogP contribution is -2.45. The Labute approximate surface area is 221 Å². The van der Waals surface area contributed by atoms with Gasteiger partial charge in [0.1, 0.15) is 5.69 Å². The normalized spacial score (nSPS) is 19.1. The zero-order valence-corrected chi connectivity index (χ0v) is 23.5. The van der Waals surface area contributed by atoms with E-state index in [2.05, 4.69) is 29.5 Å². The molecule has 1 N–H and O–H groups in total. The summed E-state index contributed by atoms with van der Waals surface area (Å²) >= 11 is 0. The van der Waals surface area contributed by atoms with E-state index in [1.54, 1.807) is 13.0 Å². The lowest BCUT2D eigenvalue weighted by atomic mass is 9.94. The highest BCUT2D eigenvalue weighted by Crippen LogP contribution is 2.30. The number of hydrogen-bond acceptors (Lipinski definition) is 5. The Morgan fingerprint density at radius 1 is 0.946 bits per heavy atom. The number of carbonyl (C=O) groups is 1. The van der Waals surface area contributed by atoms with E-state index in [4.69, 9.17) is 4.52 Å². The second-order valence-electron chi connectivity index (χ2n) is 10.8. The molecule has 4 rings (SSSR count). The summed E-state index contributed by atoms with van der Waals surface area (Å²) in [6, 6.07) is 4.46. The molecule has 1 aliphatic heterocycles. The average Bonchev–Trinajstić information content (AvgIpc) is 3.21. The van der Waals surface area contributed by atoms with Gasteiger partial charge in [0.2, 0.25) is 15.9 Å². The molecule has 2 heterocycles. The van der Waals surface area contributed by atoms with Gasteiger partial charge in [0.05, 0.1) is 0 Å². The van der Waals surface area contributed by atoms with Crippen LogP contribution in [0.15, 0.2) is 21.6 Å². The largest absolute Gasteiger partial charge is 0.355 e. The van der Waals surface area contributed by atoms with E-state index < -0.39 is 10.0 Å². The highest BCUT2D eigenvalue weighted by atomic mass is 32.2. The zero-order valence-electron chi connectivity index (χ0n) is 22.7. The number of hydrogen-bond donors (Lipinski definition) is 1. The maximum absolute atomic E-state index is 13.6. The number of amides is 1. The molecular weight excluding hydrogens is 486 g/mol. The lowest BCUT2D eigenvalue weighted by Gasteiger charge is -2.31. The van der Waals surface area contributed by atoms with Gasteiger partial charge < -0.3 is 9.84 Å². The van der Waals surface area contributed by atoms with Crippen LogP contribution in [-0.4, -0.2) is 42.9 Å². The fraction of sp³-hybridized carbons (Fsp3) is 0.586. The predicted molar refractivity (Wildman–Crippen MR) is 147 cm³/mol. The first-order chi connectivity index (χ1) is 17.7. The van der Waals surface area contributed by atoms with Crippen LogP contribution >= 0.6 is 0 Å². The van der Waals surface area contributed by atoms with Crippen molar-refractivity contribution < 1.29 is 17.7 Å². The predicted octanol–water partition coefficient (Wildman–Crippen LogP) is 5.71. The summed E-state index contributed by atoms with van der Waals surface area (Å²) in [7, 11) is -3.80. The van der Waals surface area contributed by atoms with Crippen LogP contribution in [0.25, 0.3) is 12.2 Å². The summed E-state index contributed by atoms with van der Waals surface area (Å²) in [6.45, 7) is 8.43. The monoisotopic (exact) mass is 527 g/mol. The third kappa shape index (κ3) is 6.52. The highest BCUT2D eigenvalue weighted by Gasteiger charge is 2.36. The molecule has 0 bridgehead atoms. The zero-order chi connectivity index (χ0) is 26.6. The smallest absolute Gasteiger partial charge is 0.248 e. The number of aromatic nitrogens is 1. The molecule has 0 unspecified atom stereocenters. The second kappa shape index (κ2) is 11.9. The fourth-order valence-electron chi connectivity index (χ4n) is 5.82. The summed E-state index contributed by atoms with van der Waals surface area (Å²) in [5.74, 6) is 0.171. The van der Waals surface area contributed by atoms with Crippen molar-refractivity contribution in [2.45, 2.75) is 96.4 Å². The van der Waals surface area contributed by atoms with Crippen molar-refractivity contribution in [2.75, 3.05) is 13.1 Å². The van der Waals surface area contributed by atoms with E-state index in [9.17, 15) is 13.2 Å². The molecule has 1 amide bonds. The molecule has 1 saturated heterocycles. The van der Waals surface area contributed by atoms with Gasteiger partial charge in [-0.3, -0.25) is 4.79 Å². The van der Waals surface area contributed by atoms with Gasteiger partial charge in [0, 0.05) is 25.0 Å². The van der Waals surface area contributed by atoms with E-state index in [1.165, 1.54) is 42.0 Å². The lowest BCUT2D eigenvalue weighted by molar-refractivity contribution is -0.127. The van der Waals surface area contributed by atoms with Gasteiger partial charge in [0.25, 0.3) is 0 Å². The first-order valence-electron chi connectivity index (χ1n) is 13.7. The second-order valence-corrected chi connectivity index (χ2v) is 12.7. The number of nitrogens with one attached hydrogen (secondary N) is 1. The van der Waals surface area contributed by atoms with E-state index in [1.807, 2.05) is 19.9 Å². The maximum Gasteiger partial charge on any atom is 0.248 e. The van der Waals surface area contributed by atoms with Crippen LogP contribution in [0.5, 0.6) is 0 Å². The Morgan fingerprint density at radius 2 is 1.54 bits per heavy atom. The summed E-state index contributed by atoms with van der Waals surface area (Å²) < 4.78 is 34.2. The van der Waals surface area contributed by atoms with Crippen molar-refractivity contribution in [3.05, 3.63) is 45.8 Å². The third-order valence-electron chi connectivity index (χ3n) is 7.85. The van der Waals surface area contributed by atoms with Crippen molar-refractivity contribution in [1.82, 2.24) is 14.8 Å². The average molecular weight is 528 g/mol. The number of aryl methyl sites for hydroxylation is 4. The Kier molecular flexibility index (Phi) is 8.90. The van der Waals surface area contributed by atoms with Crippen molar-refractivity contribution in [3.8, 4) is 0 Å². The van der Waals surface area contributed by atoms with Crippen molar-refractivity contribution in [1.29, 1.82) is 0 Å². The first-order valence-corrected chi connectivity index (χ1v) is 15.1. The Hall–Kier alpha value is -2.45. The van der Waals surface area contributed by atoms with Crippen LogP contribution < -0.4 is 5.32 Å². The molecule has 1 aromatic heterocycles. The Balaban J connectivity index is 1.43. The van der Waals surface area contributed by atoms with Crippen LogP contribution in [0.1, 0.15) is 91.5 Å². The summed E-state index contributed by atoms with van der Waals surface area (Å²) in [4.78, 5) is 13.1. The van der Waals surface area contributed by atoms with Gasteiger partial charge in [-0.2, -0.15) is 4.31 Å². The van der Waals surface area contributed by atoms with Gasteiger partial charge in [-0.1, -0.05) is 61.0 Å². The van der Waals surface area contributed by atoms with Gasteiger partial charge in [0.15, 0.2) is 10.7 Å². The number of rotatable bonds is 6. The molecular formula is C29H41N3O4S. The maximum atomic E-state index is 13.6. The van der Waals surface area contributed by atoms with Gasteiger partial charge >= 0.3 is 0 Å². The minimum atomic E-state index is -3.80. The fourth-order valence-corrected chi connectivity index (χ4v) is 7.54. The Bertz CT molecular complexity index is 1210. The molecule has 2 aliphatic rings. The van der Waals surface area contributed by atoms with Gasteiger partial charge in [-0.05, 0) is 76.1 Å². The molecule has 0 spiro atoms. The van der Waals surface area contributed by atoms with Crippen molar-refractivity contribution in [3.63, 3.8) is 0 Å². The molecule has 1 aromatic carbocycles. The van der Waals surface area contributed by atoms with Crippen LogP contribution in [0.3, 0.4) is 0 Å². The molecule has 2 aromatic rings. The summed E-state index contributed by atoms with van der Waals surface area (Å²) in [6.07, 6.45) is 12.8. The molecule has 1 saturated carbocycles. The number of nitrogens with zero attached hydrogens (tertiary/aromatic N) is 2. The Morgan fingerprint density at radius 3 is 2.16 bits per heavy atom. The van der Waals surface area contributed by atoms with Crippen LogP contribution in [-0.2, 0) is 14.8 Å². The van der Waals surface area contributed by atoms with Crippen LogP contribution in [0, 0.1) is 33.6 Å². The summed E-state index contributed by atoms with van der Waals surface area (Å²) in [5, 5.41) is 7.23. The number of carbonyl (C=O) groups excluding carboxylic acids is 1. The topological polar surface area (TPSA) is 92.5 Å². The quantitative estimate of drug-likeness (QED) is 0.520. The number of benzene rings is 1. The molecule has 202 valence electrons. The third-order valence-corrected chi connectivity index (χ3v) is 9.90. The first kappa shape index (κ1) is 27.6. The SMILES string of the molecule is Cc1cc(C)c(C=Cc2onc(C)c2S(=O)(=O)N2CCC(C(=O)NC3CCCCCCC3)CC2)c(C)c1. The van der Waals surface area contributed by atoms with Gasteiger partial charge in [-0.25, -0.2) is 8.42 Å². The minimum absolute atomic E-state index is 0.0799. The van der Waals surface area contributed by atoms with E-state index in [0.717, 1.165) is 29.5 Å². The minimum Gasteiger partial charge on any atom is -0.355 e. The molecule has 0 radical (unpaired) electrons. The van der Waals surface area contributed by atoms with E-state index in [0.29, 0.717) is 31.6 Å². The van der Waals surface area contributed by atoms with Crippen LogP contribution in [0.4, 0.5) is 0 Å². The van der Waals surface area contributed by atoms with Crippen LogP contribution in [0.2, 0.25) is 0 Å². The number of sulfonamides is 1. The highest BCUT2D eigenvalue weighted by molar-refractivity contribution is 7.89. The molecule has 1 aliphatic carbocycles. The van der Waals surface area contributed by atoms with Gasteiger partial charge in [-0.15, -0.1) is 0 Å². The molecule has 0 atom stereocenters. The van der Waals surface area contributed by atoms with E-state index >= 15 is 0 Å². The number of piperidine rings is 1. The summed E-state index contributed by atoms with van der Waals surface area (Å²) in [5.41, 5.74) is 4.82.